The van der Waals surface area contributed by atoms with E-state index in [1.54, 1.807) is 0 Å². The van der Waals surface area contributed by atoms with Crippen molar-refractivity contribution in [1.82, 2.24) is 19.1 Å². The van der Waals surface area contributed by atoms with E-state index in [1.165, 1.54) is 60.4 Å². The normalized spacial score (nSPS) is 13.2. The lowest BCUT2D eigenvalue weighted by Gasteiger charge is -2.24. The minimum absolute atomic E-state index is 0.212. The molecule has 57 heavy (non-hydrogen) atoms. The Morgan fingerprint density at radius 2 is 1.04 bits per heavy atom. The molecule has 0 fully saturated rings. The fourth-order valence-corrected chi connectivity index (χ4v) is 9.76. The van der Waals surface area contributed by atoms with Gasteiger partial charge in [0.15, 0.2) is 0 Å². The molecule has 0 saturated heterocycles. The lowest BCUT2D eigenvalue weighted by atomic mass is 9.80. The molecular formula is C53H36N4. The molecule has 0 amide bonds. The van der Waals surface area contributed by atoms with Crippen LogP contribution in [0.25, 0.3) is 99.7 Å². The van der Waals surface area contributed by atoms with E-state index in [2.05, 4.69) is 205 Å². The summed E-state index contributed by atoms with van der Waals surface area (Å²) in [5, 5.41) is 5.94. The predicted molar refractivity (Wildman–Crippen MR) is 237 cm³/mol. The van der Waals surface area contributed by atoms with E-state index in [1.807, 2.05) is 0 Å². The topological polar surface area (TPSA) is 35.6 Å². The number of aromatic nitrogens is 4. The van der Waals surface area contributed by atoms with Gasteiger partial charge in [0.1, 0.15) is 0 Å². The van der Waals surface area contributed by atoms with Crippen molar-refractivity contribution >= 4 is 54.5 Å². The Labute approximate surface area is 329 Å². The molecule has 11 aromatic rings. The summed E-state index contributed by atoms with van der Waals surface area (Å²) in [6.07, 6.45) is 0. The van der Waals surface area contributed by atoms with Crippen LogP contribution in [-0.2, 0) is 5.41 Å². The zero-order valence-electron chi connectivity index (χ0n) is 31.6. The van der Waals surface area contributed by atoms with E-state index >= 15 is 0 Å². The van der Waals surface area contributed by atoms with Gasteiger partial charge in [0.2, 0.25) is 5.95 Å². The summed E-state index contributed by atoms with van der Waals surface area (Å²) in [5.41, 5.74) is 16.0. The Morgan fingerprint density at radius 3 is 1.84 bits per heavy atom. The number of hydrogen-bond donors (Lipinski definition) is 0. The van der Waals surface area contributed by atoms with Gasteiger partial charge in [-0.15, -0.1) is 0 Å². The highest BCUT2D eigenvalue weighted by Gasteiger charge is 2.38. The summed E-state index contributed by atoms with van der Waals surface area (Å²) in [4.78, 5) is 11.0. The van der Waals surface area contributed by atoms with Gasteiger partial charge in [-0.3, -0.25) is 4.57 Å². The van der Waals surface area contributed by atoms with Crippen LogP contribution in [0.4, 0.5) is 0 Å². The summed E-state index contributed by atoms with van der Waals surface area (Å²) in [6, 6.07) is 65.6. The molecule has 0 atom stereocenters. The second-order valence-electron chi connectivity index (χ2n) is 15.8. The molecule has 4 heteroatoms. The lowest BCUT2D eigenvalue weighted by molar-refractivity contribution is 0.666. The van der Waals surface area contributed by atoms with Gasteiger partial charge in [-0.2, -0.15) is 0 Å². The van der Waals surface area contributed by atoms with Crippen LogP contribution in [0.1, 0.15) is 25.0 Å². The van der Waals surface area contributed by atoms with Gasteiger partial charge in [0.25, 0.3) is 0 Å². The Kier molecular flexibility index (Phi) is 6.65. The Bertz CT molecular complexity index is 3420. The standard InChI is InChI=1S/C53H36N4/c1-53(2)43-22-12-9-19-37(43)41-28-29-44-49(50(41)53)51(33-15-5-3-6-16-33)55-52(54-44)57-46-24-14-10-20-38(46)40-27-25-35(32-48(40)57)34-26-30-47-42(31-34)39-21-11-13-23-45(39)56(47)36-17-7-4-8-18-36/h3-32H,1-2H3. The second-order valence-corrected chi connectivity index (χ2v) is 15.8. The Balaban J connectivity index is 1.10. The monoisotopic (exact) mass is 728 g/mol. The third kappa shape index (κ3) is 4.55. The van der Waals surface area contributed by atoms with E-state index in [9.17, 15) is 0 Å². The number of benzene rings is 8. The van der Waals surface area contributed by atoms with Gasteiger partial charge in [-0.25, -0.2) is 9.97 Å². The summed E-state index contributed by atoms with van der Waals surface area (Å²) in [7, 11) is 0. The summed E-state index contributed by atoms with van der Waals surface area (Å²) in [6.45, 7) is 4.68. The molecule has 1 aliphatic carbocycles. The van der Waals surface area contributed by atoms with Crippen molar-refractivity contribution in [3.63, 3.8) is 0 Å². The molecule has 0 bridgehead atoms. The first kappa shape index (κ1) is 32.0. The van der Waals surface area contributed by atoms with Crippen LogP contribution in [0.2, 0.25) is 0 Å². The molecule has 0 unspecified atom stereocenters. The van der Waals surface area contributed by atoms with Crippen LogP contribution >= 0.6 is 0 Å². The maximum Gasteiger partial charge on any atom is 0.235 e. The fraction of sp³-hybridized carbons (Fsp3) is 0.0566. The van der Waals surface area contributed by atoms with Crippen molar-refractivity contribution in [2.24, 2.45) is 0 Å². The van der Waals surface area contributed by atoms with Gasteiger partial charge in [0.05, 0.1) is 33.3 Å². The SMILES string of the molecule is CC1(C)c2ccccc2-c2ccc3nc(-n4c5ccccc5c5ccc(-c6ccc7c(c6)c6ccccc6n7-c6ccccc6)cc54)nc(-c4ccccc4)c3c21. The average Bonchev–Trinajstić information content (AvgIpc) is 3.86. The molecular weight excluding hydrogens is 693 g/mol. The van der Waals surface area contributed by atoms with Crippen molar-refractivity contribution in [1.29, 1.82) is 0 Å². The zero-order chi connectivity index (χ0) is 37.8. The first-order valence-corrected chi connectivity index (χ1v) is 19.7. The summed E-state index contributed by atoms with van der Waals surface area (Å²) in [5.74, 6) is 0.666. The van der Waals surface area contributed by atoms with Crippen LogP contribution < -0.4 is 0 Å². The van der Waals surface area contributed by atoms with Gasteiger partial charge >= 0.3 is 0 Å². The number of para-hydroxylation sites is 3. The third-order valence-corrected chi connectivity index (χ3v) is 12.3. The highest BCUT2D eigenvalue weighted by atomic mass is 15.2. The summed E-state index contributed by atoms with van der Waals surface area (Å²) < 4.78 is 4.64. The van der Waals surface area contributed by atoms with Crippen molar-refractivity contribution in [2.45, 2.75) is 19.3 Å². The van der Waals surface area contributed by atoms with E-state index in [-0.39, 0.29) is 5.41 Å². The van der Waals surface area contributed by atoms with Crippen molar-refractivity contribution in [3.8, 4) is 45.1 Å². The second kappa shape index (κ2) is 11.8. The maximum atomic E-state index is 5.58. The largest absolute Gasteiger partial charge is 0.309 e. The lowest BCUT2D eigenvalue weighted by Crippen LogP contribution is -2.16. The third-order valence-electron chi connectivity index (χ3n) is 12.3. The molecule has 3 aromatic heterocycles. The van der Waals surface area contributed by atoms with E-state index in [0.717, 1.165) is 44.4 Å². The molecule has 12 rings (SSSR count). The first-order chi connectivity index (χ1) is 28.0. The fourth-order valence-electron chi connectivity index (χ4n) is 9.76. The molecule has 0 radical (unpaired) electrons. The van der Waals surface area contributed by atoms with Gasteiger partial charge < -0.3 is 4.57 Å². The van der Waals surface area contributed by atoms with Crippen molar-refractivity contribution < 1.29 is 0 Å². The quantitative estimate of drug-likeness (QED) is 0.181. The molecule has 1 aliphatic rings. The van der Waals surface area contributed by atoms with Crippen LogP contribution in [0.15, 0.2) is 182 Å². The first-order valence-electron chi connectivity index (χ1n) is 19.7. The molecule has 3 heterocycles. The minimum Gasteiger partial charge on any atom is -0.309 e. The molecule has 0 saturated carbocycles. The number of hydrogen-bond acceptors (Lipinski definition) is 2. The summed E-state index contributed by atoms with van der Waals surface area (Å²) >= 11 is 0. The molecule has 0 N–H and O–H groups in total. The van der Waals surface area contributed by atoms with E-state index in [0.29, 0.717) is 5.95 Å². The van der Waals surface area contributed by atoms with Crippen LogP contribution in [0.3, 0.4) is 0 Å². The molecule has 8 aromatic carbocycles. The Hall–Kier alpha value is -7.30. The minimum atomic E-state index is -0.212. The molecule has 268 valence electrons. The number of fused-ring (bicyclic) bond motifs is 11. The van der Waals surface area contributed by atoms with E-state index < -0.39 is 0 Å². The smallest absolute Gasteiger partial charge is 0.235 e. The number of rotatable bonds is 4. The van der Waals surface area contributed by atoms with Crippen LogP contribution in [0.5, 0.6) is 0 Å². The van der Waals surface area contributed by atoms with Gasteiger partial charge in [-0.05, 0) is 81.9 Å². The molecule has 4 nitrogen and oxygen atoms in total. The average molecular weight is 729 g/mol. The van der Waals surface area contributed by atoms with Gasteiger partial charge in [0, 0.05) is 43.6 Å². The van der Waals surface area contributed by atoms with Crippen LogP contribution in [-0.4, -0.2) is 19.1 Å². The van der Waals surface area contributed by atoms with Crippen molar-refractivity contribution in [2.75, 3.05) is 0 Å². The maximum absolute atomic E-state index is 5.58. The van der Waals surface area contributed by atoms with E-state index in [4.69, 9.17) is 9.97 Å². The predicted octanol–water partition coefficient (Wildman–Crippen LogP) is 13.5. The Morgan fingerprint density at radius 1 is 0.421 bits per heavy atom. The molecule has 0 spiro atoms. The molecule has 0 aliphatic heterocycles. The number of nitrogens with zero attached hydrogens (tertiary/aromatic N) is 4. The highest BCUT2D eigenvalue weighted by Crippen LogP contribution is 2.52. The van der Waals surface area contributed by atoms with Gasteiger partial charge in [-0.1, -0.05) is 147 Å². The van der Waals surface area contributed by atoms with Crippen molar-refractivity contribution in [3.05, 3.63) is 193 Å². The van der Waals surface area contributed by atoms with Crippen LogP contribution in [0, 0.1) is 0 Å². The highest BCUT2D eigenvalue weighted by molar-refractivity contribution is 6.12. The zero-order valence-corrected chi connectivity index (χ0v) is 31.6.